The first-order chi connectivity index (χ1) is 4.83. The Labute approximate surface area is 61.2 Å². The maximum atomic E-state index is 12.5. The number of hydrogen-bond donors (Lipinski definition) is 1. The molecule has 0 aromatic heterocycles. The molecule has 60 valence electrons. The van der Waals surface area contributed by atoms with E-state index in [-0.39, 0.29) is 6.61 Å². The van der Waals surface area contributed by atoms with Crippen LogP contribution in [0.2, 0.25) is 0 Å². The first-order valence-electron chi connectivity index (χ1n) is 4.08. The normalized spacial score (nSPS) is 23.4. The summed E-state index contributed by atoms with van der Waals surface area (Å²) in [4.78, 5) is 0. The second-order valence-electron chi connectivity index (χ2n) is 3.17. The van der Waals surface area contributed by atoms with Crippen LogP contribution in [0.25, 0.3) is 0 Å². The number of rotatable bonds is 3. The highest BCUT2D eigenvalue weighted by molar-refractivity contribution is 4.70. The molecule has 1 N–H and O–H groups in total. The van der Waals surface area contributed by atoms with Gasteiger partial charge in [0, 0.05) is 0 Å². The van der Waals surface area contributed by atoms with Gasteiger partial charge < -0.3 is 5.11 Å². The van der Waals surface area contributed by atoms with Crippen molar-refractivity contribution in [2.75, 3.05) is 6.61 Å². The fourth-order valence-corrected chi connectivity index (χ4v) is 1.68. The third-order valence-electron chi connectivity index (χ3n) is 2.26. The van der Waals surface area contributed by atoms with Gasteiger partial charge in [0.05, 0.1) is 6.61 Å². The van der Waals surface area contributed by atoms with Crippen LogP contribution in [0.5, 0.6) is 0 Å². The molecule has 0 bridgehead atoms. The summed E-state index contributed by atoms with van der Waals surface area (Å²) in [6.45, 7) is -0.295. The first-order valence-corrected chi connectivity index (χ1v) is 4.08. The van der Waals surface area contributed by atoms with Crippen molar-refractivity contribution in [1.29, 1.82) is 0 Å². The Morgan fingerprint density at radius 2 is 2.00 bits per heavy atom. The number of hydrogen-bond acceptors (Lipinski definition) is 1. The Morgan fingerprint density at radius 3 is 2.50 bits per heavy atom. The molecule has 0 unspecified atom stereocenters. The van der Waals surface area contributed by atoms with Crippen molar-refractivity contribution in [2.24, 2.45) is 5.92 Å². The Balaban J connectivity index is 2.11. The van der Waals surface area contributed by atoms with E-state index >= 15 is 0 Å². The van der Waals surface area contributed by atoms with E-state index in [0.717, 1.165) is 0 Å². The summed E-state index contributed by atoms with van der Waals surface area (Å²) in [6.07, 6.45) is 4.45. The number of alkyl halides is 1. The zero-order chi connectivity index (χ0) is 7.40. The minimum absolute atomic E-state index is 0.295. The summed E-state index contributed by atoms with van der Waals surface area (Å²) >= 11 is 0. The Hall–Kier alpha value is -0.110. The minimum atomic E-state index is -0.969. The highest BCUT2D eigenvalue weighted by Crippen LogP contribution is 2.28. The molecule has 2 heteroatoms. The molecule has 0 aliphatic heterocycles. The van der Waals surface area contributed by atoms with Gasteiger partial charge in [0.15, 0.2) is 0 Å². The Bertz CT molecular complexity index is 89.3. The maximum Gasteiger partial charge on any atom is 0.123 e. The van der Waals surface area contributed by atoms with Gasteiger partial charge >= 0.3 is 0 Å². The summed E-state index contributed by atoms with van der Waals surface area (Å²) in [6, 6.07) is 0. The van der Waals surface area contributed by atoms with Crippen molar-refractivity contribution in [3.8, 4) is 0 Å². The van der Waals surface area contributed by atoms with Crippen LogP contribution >= 0.6 is 0 Å². The second kappa shape index (κ2) is 3.91. The molecule has 0 saturated heterocycles. The fourth-order valence-electron chi connectivity index (χ4n) is 1.68. The summed E-state index contributed by atoms with van der Waals surface area (Å²) in [5.41, 5.74) is 0. The minimum Gasteiger partial charge on any atom is -0.393 e. The monoisotopic (exact) mass is 146 g/mol. The third kappa shape index (κ3) is 2.25. The van der Waals surface area contributed by atoms with E-state index in [4.69, 9.17) is 5.11 Å². The largest absolute Gasteiger partial charge is 0.393 e. The molecule has 10 heavy (non-hydrogen) atoms. The van der Waals surface area contributed by atoms with Crippen LogP contribution in [0.15, 0.2) is 0 Å². The summed E-state index contributed by atoms with van der Waals surface area (Å²) in [7, 11) is 0. The van der Waals surface area contributed by atoms with E-state index in [1.807, 2.05) is 0 Å². The van der Waals surface area contributed by atoms with E-state index in [1.54, 1.807) is 0 Å². The van der Waals surface area contributed by atoms with E-state index < -0.39 is 6.17 Å². The van der Waals surface area contributed by atoms with Gasteiger partial charge in [-0.15, -0.1) is 0 Å². The lowest BCUT2D eigenvalue weighted by Crippen LogP contribution is -2.10. The highest BCUT2D eigenvalue weighted by Gasteiger charge is 2.18. The molecule has 0 amide bonds. The topological polar surface area (TPSA) is 20.2 Å². The Morgan fingerprint density at radius 1 is 1.40 bits per heavy atom. The summed E-state index contributed by atoms with van der Waals surface area (Å²) < 4.78 is 12.5. The first kappa shape index (κ1) is 7.99. The van der Waals surface area contributed by atoms with Crippen molar-refractivity contribution in [2.45, 2.75) is 38.3 Å². The summed E-state index contributed by atoms with van der Waals surface area (Å²) in [5, 5.41) is 8.42. The molecule has 1 nitrogen and oxygen atoms in total. The number of aliphatic hydroxyl groups excluding tert-OH is 1. The van der Waals surface area contributed by atoms with Crippen molar-refractivity contribution in [3.63, 3.8) is 0 Å². The van der Waals surface area contributed by atoms with E-state index in [1.165, 1.54) is 25.7 Å². The van der Waals surface area contributed by atoms with Crippen molar-refractivity contribution in [3.05, 3.63) is 0 Å². The molecule has 0 radical (unpaired) electrons. The lowest BCUT2D eigenvalue weighted by Gasteiger charge is -2.09. The fraction of sp³-hybridized carbons (Fsp3) is 1.00. The molecule has 1 fully saturated rings. The predicted octanol–water partition coefficient (Wildman–Crippen LogP) is 1.90. The van der Waals surface area contributed by atoms with Gasteiger partial charge in [-0.3, -0.25) is 0 Å². The molecule has 0 aromatic carbocycles. The molecule has 0 spiro atoms. The standard InChI is InChI=1S/C8H15FO/c9-8(6-10)5-7-3-1-2-4-7/h7-8,10H,1-6H2/t8-/m0/s1. The third-order valence-corrected chi connectivity index (χ3v) is 2.26. The maximum absolute atomic E-state index is 12.5. The molecule has 1 saturated carbocycles. The average Bonchev–Trinajstić information content (AvgIpc) is 2.40. The molecule has 0 heterocycles. The van der Waals surface area contributed by atoms with Crippen LogP contribution in [0, 0.1) is 5.92 Å². The van der Waals surface area contributed by atoms with Gasteiger partial charge in [-0.25, -0.2) is 4.39 Å². The van der Waals surface area contributed by atoms with E-state index in [0.29, 0.717) is 12.3 Å². The van der Waals surface area contributed by atoms with Crippen LogP contribution in [-0.4, -0.2) is 17.9 Å². The lowest BCUT2D eigenvalue weighted by atomic mass is 10.0. The smallest absolute Gasteiger partial charge is 0.123 e. The molecule has 1 aliphatic carbocycles. The van der Waals surface area contributed by atoms with E-state index in [9.17, 15) is 4.39 Å². The lowest BCUT2D eigenvalue weighted by molar-refractivity contribution is 0.153. The molecule has 0 aromatic rings. The SMILES string of the molecule is OC[C@@H](F)CC1CCCC1. The quantitative estimate of drug-likeness (QED) is 0.644. The van der Waals surface area contributed by atoms with Gasteiger partial charge in [-0.1, -0.05) is 25.7 Å². The van der Waals surface area contributed by atoms with Crippen molar-refractivity contribution in [1.82, 2.24) is 0 Å². The average molecular weight is 146 g/mol. The predicted molar refractivity (Wildman–Crippen MR) is 38.6 cm³/mol. The number of halogens is 1. The van der Waals surface area contributed by atoms with Gasteiger partial charge in [0.25, 0.3) is 0 Å². The molecule has 1 atom stereocenters. The Kier molecular flexibility index (Phi) is 3.13. The van der Waals surface area contributed by atoms with Gasteiger partial charge in [0.1, 0.15) is 6.17 Å². The van der Waals surface area contributed by atoms with Crippen molar-refractivity contribution < 1.29 is 9.50 Å². The van der Waals surface area contributed by atoms with Gasteiger partial charge in [0.2, 0.25) is 0 Å². The van der Waals surface area contributed by atoms with Crippen LogP contribution in [0.1, 0.15) is 32.1 Å². The summed E-state index contributed by atoms with van der Waals surface area (Å²) in [5.74, 6) is 0.558. The molecule has 1 aliphatic rings. The van der Waals surface area contributed by atoms with Crippen LogP contribution in [-0.2, 0) is 0 Å². The van der Waals surface area contributed by atoms with Gasteiger partial charge in [-0.05, 0) is 12.3 Å². The van der Waals surface area contributed by atoms with Crippen molar-refractivity contribution >= 4 is 0 Å². The van der Waals surface area contributed by atoms with Crippen LogP contribution in [0.4, 0.5) is 4.39 Å². The van der Waals surface area contributed by atoms with Crippen LogP contribution in [0.3, 0.4) is 0 Å². The molecular formula is C8H15FO. The molecule has 1 rings (SSSR count). The number of aliphatic hydroxyl groups is 1. The van der Waals surface area contributed by atoms with Gasteiger partial charge in [-0.2, -0.15) is 0 Å². The van der Waals surface area contributed by atoms with Crippen LogP contribution < -0.4 is 0 Å². The van der Waals surface area contributed by atoms with E-state index in [2.05, 4.69) is 0 Å². The highest BCUT2D eigenvalue weighted by atomic mass is 19.1. The second-order valence-corrected chi connectivity index (χ2v) is 3.17. The molecular weight excluding hydrogens is 131 g/mol. The zero-order valence-electron chi connectivity index (χ0n) is 6.22. The zero-order valence-corrected chi connectivity index (χ0v) is 6.22.